The first kappa shape index (κ1) is 18.2. The summed E-state index contributed by atoms with van der Waals surface area (Å²) in [6.45, 7) is 3.74. The molecule has 0 saturated carbocycles. The Morgan fingerprint density at radius 1 is 1.23 bits per heavy atom. The summed E-state index contributed by atoms with van der Waals surface area (Å²) in [6, 6.07) is 6.59. The van der Waals surface area contributed by atoms with Crippen molar-refractivity contribution in [2.75, 3.05) is 6.61 Å². The molecule has 26 heavy (non-hydrogen) atoms. The van der Waals surface area contributed by atoms with Crippen LogP contribution < -0.4 is 0 Å². The normalized spacial score (nSPS) is 12.0. The van der Waals surface area contributed by atoms with Gasteiger partial charge < -0.3 is 9.72 Å². The number of ether oxygens (including phenoxy) is 1. The molecule has 3 rings (SSSR count). The number of halogens is 3. The van der Waals surface area contributed by atoms with Crippen LogP contribution in [0.4, 0.5) is 13.2 Å². The Bertz CT molecular complexity index is 961. The fraction of sp³-hybridized carbons (Fsp3) is 0.368. The number of para-hydroxylation sites is 1. The zero-order valence-electron chi connectivity index (χ0n) is 14.5. The molecule has 0 bridgehead atoms. The Morgan fingerprint density at radius 3 is 2.62 bits per heavy atom. The topological polar surface area (TPSA) is 55.0 Å². The van der Waals surface area contributed by atoms with Gasteiger partial charge in [-0.05, 0) is 31.4 Å². The molecular formula is C19H19F3N2O2. The van der Waals surface area contributed by atoms with Crippen molar-refractivity contribution in [1.82, 2.24) is 9.97 Å². The zero-order chi connectivity index (χ0) is 18.9. The van der Waals surface area contributed by atoms with Crippen molar-refractivity contribution in [3.63, 3.8) is 0 Å². The van der Waals surface area contributed by atoms with Gasteiger partial charge in [-0.1, -0.05) is 31.5 Å². The van der Waals surface area contributed by atoms with Gasteiger partial charge in [0.1, 0.15) is 5.69 Å². The number of esters is 1. The highest BCUT2D eigenvalue weighted by Gasteiger charge is 2.38. The van der Waals surface area contributed by atoms with Crippen LogP contribution in [0.5, 0.6) is 0 Å². The van der Waals surface area contributed by atoms with E-state index in [1.165, 1.54) is 6.07 Å². The second kappa shape index (κ2) is 6.97. The molecule has 7 heteroatoms. The highest BCUT2D eigenvalue weighted by Crippen LogP contribution is 2.39. The van der Waals surface area contributed by atoms with Crippen LogP contribution in [0.1, 0.15) is 48.4 Å². The van der Waals surface area contributed by atoms with Crippen molar-refractivity contribution in [2.24, 2.45) is 0 Å². The summed E-state index contributed by atoms with van der Waals surface area (Å²) in [4.78, 5) is 19.1. The maximum Gasteiger partial charge on any atom is 0.434 e. The minimum atomic E-state index is -4.63. The van der Waals surface area contributed by atoms with Gasteiger partial charge in [0.25, 0.3) is 0 Å². The Labute approximate surface area is 148 Å². The van der Waals surface area contributed by atoms with Crippen LogP contribution >= 0.6 is 0 Å². The molecule has 0 unspecified atom stereocenters. The number of aromatic amines is 1. The predicted octanol–water partition coefficient (Wildman–Crippen LogP) is 5.25. The molecule has 138 valence electrons. The number of fused-ring (bicyclic) bond motifs is 3. The van der Waals surface area contributed by atoms with E-state index >= 15 is 0 Å². The van der Waals surface area contributed by atoms with Gasteiger partial charge in [0.05, 0.1) is 17.6 Å². The second-order valence-electron chi connectivity index (χ2n) is 6.03. The second-order valence-corrected chi connectivity index (χ2v) is 6.03. The fourth-order valence-electron chi connectivity index (χ4n) is 3.15. The van der Waals surface area contributed by atoms with Crippen LogP contribution in [0, 0.1) is 0 Å². The molecule has 0 aliphatic carbocycles. The molecule has 0 radical (unpaired) electrons. The van der Waals surface area contributed by atoms with E-state index < -0.39 is 17.8 Å². The standard InChI is InChI=1S/C19H19F3N2O2/c1-3-5-8-12-14-15(24-16(12)18(25)26-4-2)11-9-6-7-10-13(11)23-17(14)19(20,21)22/h6-7,9-10,24H,3-5,8H2,1-2H3. The van der Waals surface area contributed by atoms with Gasteiger partial charge in [-0.2, -0.15) is 13.2 Å². The summed E-state index contributed by atoms with van der Waals surface area (Å²) in [7, 11) is 0. The van der Waals surface area contributed by atoms with E-state index in [-0.39, 0.29) is 28.7 Å². The molecule has 3 aromatic rings. The van der Waals surface area contributed by atoms with Crippen LogP contribution in [0.3, 0.4) is 0 Å². The minimum absolute atomic E-state index is 0.0345. The molecule has 0 amide bonds. The summed E-state index contributed by atoms with van der Waals surface area (Å²) >= 11 is 0. The van der Waals surface area contributed by atoms with Gasteiger partial charge in [0.2, 0.25) is 0 Å². The minimum Gasteiger partial charge on any atom is -0.461 e. The summed E-state index contributed by atoms with van der Waals surface area (Å²) in [5.41, 5.74) is -0.0583. The zero-order valence-corrected chi connectivity index (χ0v) is 14.5. The number of alkyl halides is 3. The third-order valence-electron chi connectivity index (χ3n) is 4.27. The number of aromatic nitrogens is 2. The average Bonchev–Trinajstić information content (AvgIpc) is 2.98. The van der Waals surface area contributed by atoms with Crippen LogP contribution in [-0.2, 0) is 17.3 Å². The van der Waals surface area contributed by atoms with Crippen LogP contribution in [0.25, 0.3) is 21.8 Å². The van der Waals surface area contributed by atoms with Crippen molar-refractivity contribution in [2.45, 2.75) is 39.3 Å². The van der Waals surface area contributed by atoms with Gasteiger partial charge >= 0.3 is 12.1 Å². The van der Waals surface area contributed by atoms with E-state index in [0.29, 0.717) is 23.8 Å². The number of unbranched alkanes of at least 4 members (excludes halogenated alkanes) is 1. The van der Waals surface area contributed by atoms with Crippen molar-refractivity contribution in [3.8, 4) is 0 Å². The smallest absolute Gasteiger partial charge is 0.434 e. The van der Waals surface area contributed by atoms with E-state index in [1.54, 1.807) is 25.1 Å². The third-order valence-corrected chi connectivity index (χ3v) is 4.27. The first-order valence-electron chi connectivity index (χ1n) is 8.56. The van der Waals surface area contributed by atoms with E-state index in [9.17, 15) is 18.0 Å². The maximum atomic E-state index is 13.7. The van der Waals surface area contributed by atoms with E-state index in [0.717, 1.165) is 6.42 Å². The SMILES string of the molecule is CCCCc1c(C(=O)OCC)[nH]c2c1c(C(F)(F)F)nc1ccccc12. The molecule has 0 spiro atoms. The van der Waals surface area contributed by atoms with Gasteiger partial charge in [-0.3, -0.25) is 0 Å². The van der Waals surface area contributed by atoms with Crippen LogP contribution in [0.15, 0.2) is 24.3 Å². The van der Waals surface area contributed by atoms with Crippen molar-refractivity contribution < 1.29 is 22.7 Å². The molecule has 0 saturated heterocycles. The van der Waals surface area contributed by atoms with Gasteiger partial charge in [-0.25, -0.2) is 9.78 Å². The number of hydrogen-bond acceptors (Lipinski definition) is 3. The lowest BCUT2D eigenvalue weighted by Crippen LogP contribution is -2.11. The maximum absolute atomic E-state index is 13.7. The van der Waals surface area contributed by atoms with E-state index in [1.807, 2.05) is 6.92 Å². The predicted molar refractivity (Wildman–Crippen MR) is 93.2 cm³/mol. The van der Waals surface area contributed by atoms with Gasteiger partial charge in [0.15, 0.2) is 5.69 Å². The number of benzene rings is 1. The molecular weight excluding hydrogens is 345 g/mol. The third kappa shape index (κ3) is 3.13. The lowest BCUT2D eigenvalue weighted by atomic mass is 10.0. The highest BCUT2D eigenvalue weighted by molar-refractivity contribution is 6.10. The average molecular weight is 364 g/mol. The Kier molecular flexibility index (Phi) is 4.89. The molecule has 1 N–H and O–H groups in total. The monoisotopic (exact) mass is 364 g/mol. The number of nitrogens with zero attached hydrogens (tertiary/aromatic N) is 1. The molecule has 2 aromatic heterocycles. The van der Waals surface area contributed by atoms with Gasteiger partial charge in [-0.15, -0.1) is 0 Å². The van der Waals surface area contributed by atoms with Crippen molar-refractivity contribution in [1.29, 1.82) is 0 Å². The van der Waals surface area contributed by atoms with Crippen LogP contribution in [0.2, 0.25) is 0 Å². The molecule has 2 heterocycles. The van der Waals surface area contributed by atoms with Gasteiger partial charge in [0, 0.05) is 10.8 Å². The molecule has 0 atom stereocenters. The van der Waals surface area contributed by atoms with Crippen LogP contribution in [-0.4, -0.2) is 22.5 Å². The molecule has 1 aromatic carbocycles. The van der Waals surface area contributed by atoms with E-state index in [2.05, 4.69) is 9.97 Å². The molecule has 0 aliphatic rings. The highest BCUT2D eigenvalue weighted by atomic mass is 19.4. The number of hydrogen-bond donors (Lipinski definition) is 1. The summed E-state index contributed by atoms with van der Waals surface area (Å²) in [5.74, 6) is -0.646. The Balaban J connectivity index is 2.42. The molecule has 0 fully saturated rings. The summed E-state index contributed by atoms with van der Waals surface area (Å²) in [6.07, 6.45) is -2.84. The van der Waals surface area contributed by atoms with E-state index in [4.69, 9.17) is 4.74 Å². The summed E-state index contributed by atoms with van der Waals surface area (Å²) in [5, 5.41) is 0.511. The van der Waals surface area contributed by atoms with Crippen molar-refractivity contribution >= 4 is 27.8 Å². The first-order valence-corrected chi connectivity index (χ1v) is 8.56. The number of nitrogens with one attached hydrogen (secondary N) is 1. The molecule has 0 aliphatic heterocycles. The number of carbonyl (C=O) groups is 1. The Morgan fingerprint density at radius 2 is 1.96 bits per heavy atom. The quantitative estimate of drug-likeness (QED) is 0.629. The number of H-pyrrole nitrogens is 1. The molecule has 4 nitrogen and oxygen atoms in total. The fourth-order valence-corrected chi connectivity index (χ4v) is 3.15. The Hall–Kier alpha value is -2.57. The number of carbonyl (C=O) groups excluding carboxylic acids is 1. The van der Waals surface area contributed by atoms with Crippen molar-refractivity contribution in [3.05, 3.63) is 41.2 Å². The largest absolute Gasteiger partial charge is 0.461 e. The lowest BCUT2D eigenvalue weighted by Gasteiger charge is -2.11. The summed E-state index contributed by atoms with van der Waals surface area (Å²) < 4.78 is 46.2. The number of aryl methyl sites for hydroxylation is 1. The number of rotatable bonds is 5. The first-order chi connectivity index (χ1) is 12.4. The lowest BCUT2D eigenvalue weighted by molar-refractivity contribution is -0.139. The number of pyridine rings is 1.